The summed E-state index contributed by atoms with van der Waals surface area (Å²) < 4.78 is 0. The van der Waals surface area contributed by atoms with Crippen LogP contribution in [0, 0.1) is 0 Å². The maximum atomic E-state index is 5.81. The van der Waals surface area contributed by atoms with Crippen LogP contribution in [0.4, 0.5) is 0 Å². The Morgan fingerprint density at radius 2 is 1.93 bits per heavy atom. The number of aryl methyl sites for hydroxylation is 1. The Morgan fingerprint density at radius 3 is 2.57 bits per heavy atom. The average molecular weight is 210 g/mol. The van der Waals surface area contributed by atoms with Gasteiger partial charge in [0.15, 0.2) is 0 Å². The van der Waals surface area contributed by atoms with E-state index in [0.717, 1.165) is 24.0 Å². The largest absolute Gasteiger partial charge is 0.314 e. The van der Waals surface area contributed by atoms with Gasteiger partial charge >= 0.3 is 0 Å². The van der Waals surface area contributed by atoms with E-state index in [1.165, 1.54) is 24.8 Å². The molecular formula is C12H16ClN. The Morgan fingerprint density at radius 1 is 1.21 bits per heavy atom. The number of rotatable bonds is 5. The molecule has 2 heteroatoms. The Hall–Kier alpha value is -0.530. The smallest absolute Gasteiger partial charge is 0.0406 e. The Kier molecular flexibility index (Phi) is 3.44. The molecule has 1 aliphatic carbocycles. The number of hydrogen-bond donors (Lipinski definition) is 1. The Balaban J connectivity index is 1.66. The third-order valence-corrected chi connectivity index (χ3v) is 2.82. The molecule has 0 aliphatic heterocycles. The molecule has 0 radical (unpaired) electrons. The van der Waals surface area contributed by atoms with E-state index in [1.807, 2.05) is 12.1 Å². The molecule has 14 heavy (non-hydrogen) atoms. The van der Waals surface area contributed by atoms with Gasteiger partial charge in [-0.25, -0.2) is 0 Å². The van der Waals surface area contributed by atoms with Gasteiger partial charge in [0, 0.05) is 11.1 Å². The van der Waals surface area contributed by atoms with E-state index >= 15 is 0 Å². The second-order valence-electron chi connectivity index (χ2n) is 3.96. The number of benzene rings is 1. The summed E-state index contributed by atoms with van der Waals surface area (Å²) in [6.45, 7) is 1.15. The molecule has 1 aromatic rings. The van der Waals surface area contributed by atoms with Crippen molar-refractivity contribution in [1.82, 2.24) is 5.32 Å². The van der Waals surface area contributed by atoms with Gasteiger partial charge in [0.05, 0.1) is 0 Å². The van der Waals surface area contributed by atoms with Crippen LogP contribution in [0.15, 0.2) is 24.3 Å². The van der Waals surface area contributed by atoms with E-state index in [2.05, 4.69) is 17.4 Å². The highest BCUT2D eigenvalue weighted by molar-refractivity contribution is 6.30. The maximum absolute atomic E-state index is 5.81. The summed E-state index contributed by atoms with van der Waals surface area (Å²) in [4.78, 5) is 0. The molecule has 1 aliphatic rings. The summed E-state index contributed by atoms with van der Waals surface area (Å²) in [5, 5.41) is 4.34. The fourth-order valence-corrected chi connectivity index (χ4v) is 1.66. The van der Waals surface area contributed by atoms with E-state index in [0.29, 0.717) is 0 Å². The van der Waals surface area contributed by atoms with Crippen molar-refractivity contribution in [3.63, 3.8) is 0 Å². The Labute approximate surface area is 90.5 Å². The van der Waals surface area contributed by atoms with Gasteiger partial charge in [-0.1, -0.05) is 23.7 Å². The lowest BCUT2D eigenvalue weighted by Crippen LogP contribution is -2.17. The molecule has 1 N–H and O–H groups in total. The van der Waals surface area contributed by atoms with E-state index in [-0.39, 0.29) is 0 Å². The van der Waals surface area contributed by atoms with Gasteiger partial charge in [-0.3, -0.25) is 0 Å². The van der Waals surface area contributed by atoms with Gasteiger partial charge in [-0.15, -0.1) is 0 Å². The third kappa shape index (κ3) is 3.32. The molecule has 2 rings (SSSR count). The van der Waals surface area contributed by atoms with Crippen molar-refractivity contribution in [3.8, 4) is 0 Å². The summed E-state index contributed by atoms with van der Waals surface area (Å²) in [5.74, 6) is 0. The number of hydrogen-bond acceptors (Lipinski definition) is 1. The molecule has 1 nitrogen and oxygen atoms in total. The van der Waals surface area contributed by atoms with Gasteiger partial charge < -0.3 is 5.32 Å². The molecule has 0 spiro atoms. The predicted molar refractivity (Wildman–Crippen MR) is 60.8 cm³/mol. The highest BCUT2D eigenvalue weighted by Gasteiger charge is 2.19. The molecule has 1 fully saturated rings. The summed E-state index contributed by atoms with van der Waals surface area (Å²) in [6.07, 6.45) is 5.12. The highest BCUT2D eigenvalue weighted by Crippen LogP contribution is 2.18. The lowest BCUT2D eigenvalue weighted by molar-refractivity contribution is 0.645. The van der Waals surface area contributed by atoms with Crippen LogP contribution in [-0.2, 0) is 6.42 Å². The second kappa shape index (κ2) is 4.81. The topological polar surface area (TPSA) is 12.0 Å². The normalized spacial score (nSPS) is 15.8. The van der Waals surface area contributed by atoms with Crippen LogP contribution in [0.25, 0.3) is 0 Å². The molecule has 0 bridgehead atoms. The maximum Gasteiger partial charge on any atom is 0.0406 e. The lowest BCUT2D eigenvalue weighted by Gasteiger charge is -2.03. The summed E-state index contributed by atoms with van der Waals surface area (Å²) in [7, 11) is 0. The molecule has 1 saturated carbocycles. The fraction of sp³-hybridized carbons (Fsp3) is 0.500. The van der Waals surface area contributed by atoms with E-state index < -0.39 is 0 Å². The van der Waals surface area contributed by atoms with Crippen molar-refractivity contribution in [2.24, 2.45) is 0 Å². The van der Waals surface area contributed by atoms with Gasteiger partial charge in [-0.2, -0.15) is 0 Å². The van der Waals surface area contributed by atoms with Crippen LogP contribution in [0.3, 0.4) is 0 Å². The third-order valence-electron chi connectivity index (χ3n) is 2.57. The first-order valence-corrected chi connectivity index (χ1v) is 5.70. The molecule has 0 atom stereocenters. The summed E-state index contributed by atoms with van der Waals surface area (Å²) >= 11 is 5.81. The van der Waals surface area contributed by atoms with Crippen LogP contribution >= 0.6 is 11.6 Å². The van der Waals surface area contributed by atoms with Crippen LogP contribution < -0.4 is 5.32 Å². The minimum absolute atomic E-state index is 0.824. The van der Waals surface area contributed by atoms with Crippen molar-refractivity contribution in [3.05, 3.63) is 34.9 Å². The van der Waals surface area contributed by atoms with Crippen LogP contribution in [0.1, 0.15) is 24.8 Å². The minimum atomic E-state index is 0.824. The van der Waals surface area contributed by atoms with E-state index in [4.69, 9.17) is 11.6 Å². The molecule has 0 amide bonds. The first-order valence-electron chi connectivity index (χ1n) is 5.32. The zero-order valence-corrected chi connectivity index (χ0v) is 9.06. The van der Waals surface area contributed by atoms with E-state index in [1.54, 1.807) is 0 Å². The second-order valence-corrected chi connectivity index (χ2v) is 4.39. The molecule has 76 valence electrons. The minimum Gasteiger partial charge on any atom is -0.314 e. The predicted octanol–water partition coefficient (Wildman–Crippen LogP) is 3.02. The number of nitrogens with one attached hydrogen (secondary N) is 1. The van der Waals surface area contributed by atoms with Crippen LogP contribution in [0.5, 0.6) is 0 Å². The summed E-state index contributed by atoms with van der Waals surface area (Å²) in [5.41, 5.74) is 1.38. The van der Waals surface area contributed by atoms with Crippen molar-refractivity contribution in [2.45, 2.75) is 31.7 Å². The standard InChI is InChI=1S/C12H16ClN/c13-11-5-3-10(4-6-11)2-1-9-14-12-7-8-12/h3-6,12,14H,1-2,7-9H2. The molecule has 0 aromatic heterocycles. The molecule has 1 aromatic carbocycles. The molecule has 0 saturated heterocycles. The van der Waals surface area contributed by atoms with Crippen molar-refractivity contribution in [1.29, 1.82) is 0 Å². The quantitative estimate of drug-likeness (QED) is 0.736. The van der Waals surface area contributed by atoms with Crippen LogP contribution in [-0.4, -0.2) is 12.6 Å². The van der Waals surface area contributed by atoms with Crippen molar-refractivity contribution in [2.75, 3.05) is 6.54 Å². The van der Waals surface area contributed by atoms with Gasteiger partial charge in [0.25, 0.3) is 0 Å². The first kappa shape index (κ1) is 10.0. The SMILES string of the molecule is Clc1ccc(CCCNC2CC2)cc1. The van der Waals surface area contributed by atoms with E-state index in [9.17, 15) is 0 Å². The first-order chi connectivity index (χ1) is 6.84. The highest BCUT2D eigenvalue weighted by atomic mass is 35.5. The van der Waals surface area contributed by atoms with Crippen molar-refractivity contribution >= 4 is 11.6 Å². The fourth-order valence-electron chi connectivity index (χ4n) is 1.54. The molecular weight excluding hydrogens is 194 g/mol. The van der Waals surface area contributed by atoms with Crippen LogP contribution in [0.2, 0.25) is 5.02 Å². The zero-order chi connectivity index (χ0) is 9.80. The zero-order valence-electron chi connectivity index (χ0n) is 8.30. The Bertz CT molecular complexity index is 277. The van der Waals surface area contributed by atoms with Crippen molar-refractivity contribution < 1.29 is 0 Å². The average Bonchev–Trinajstić information content (AvgIpc) is 2.99. The lowest BCUT2D eigenvalue weighted by atomic mass is 10.1. The van der Waals surface area contributed by atoms with Gasteiger partial charge in [0.2, 0.25) is 0 Å². The molecule has 0 heterocycles. The molecule has 0 unspecified atom stereocenters. The van der Waals surface area contributed by atoms with Gasteiger partial charge in [0.1, 0.15) is 0 Å². The van der Waals surface area contributed by atoms with Gasteiger partial charge in [-0.05, 0) is 49.9 Å². The summed E-state index contributed by atoms with van der Waals surface area (Å²) in [6, 6.07) is 8.98. The monoisotopic (exact) mass is 209 g/mol. The number of halogens is 1.